The number of Topliss-reactive ketones (excluding diaryl/α,β-unsaturated/α-hetero) is 2. The van der Waals surface area contributed by atoms with Crippen LogP contribution < -0.4 is 5.32 Å². The van der Waals surface area contributed by atoms with Gasteiger partial charge in [0, 0.05) is 33.7 Å². The Hall–Kier alpha value is -3.71. The largest absolute Gasteiger partial charge is 0.447 e. The molecule has 1 atom stereocenters. The monoisotopic (exact) mass is 475 g/mol. The minimum Gasteiger partial charge on any atom is -0.447 e. The molecule has 174 valence electrons. The van der Waals surface area contributed by atoms with Gasteiger partial charge in [-0.25, -0.2) is 0 Å². The number of carbonyl (C=O) groups excluding carboxylic acids is 4. The summed E-state index contributed by atoms with van der Waals surface area (Å²) in [6, 6.07) is 22.3. The van der Waals surface area contributed by atoms with E-state index in [2.05, 4.69) is 5.32 Å². The number of rotatable bonds is 10. The lowest BCUT2D eigenvalue weighted by molar-refractivity contribution is -0.154. The summed E-state index contributed by atoms with van der Waals surface area (Å²) in [7, 11) is 0. The Bertz CT molecular complexity index is 1180. The third kappa shape index (κ3) is 6.89. The lowest BCUT2D eigenvalue weighted by Gasteiger charge is -2.18. The Kier molecular flexibility index (Phi) is 8.76. The molecule has 0 aromatic heterocycles. The van der Waals surface area contributed by atoms with Crippen molar-refractivity contribution in [3.8, 4) is 0 Å². The molecule has 0 fully saturated rings. The maximum Gasteiger partial charge on any atom is 0.307 e. The highest BCUT2D eigenvalue weighted by atomic mass is 32.2. The predicted octanol–water partition coefficient (Wildman–Crippen LogP) is 5.50. The van der Waals surface area contributed by atoms with E-state index in [4.69, 9.17) is 4.74 Å². The first kappa shape index (κ1) is 24.9. The van der Waals surface area contributed by atoms with Gasteiger partial charge in [-0.3, -0.25) is 19.2 Å². The van der Waals surface area contributed by atoms with Gasteiger partial charge < -0.3 is 10.1 Å². The highest BCUT2D eigenvalue weighted by molar-refractivity contribution is 7.98. The number of hydrogen-bond donors (Lipinski definition) is 1. The molecule has 1 N–H and O–H groups in total. The van der Waals surface area contributed by atoms with Crippen molar-refractivity contribution in [2.75, 3.05) is 11.6 Å². The lowest BCUT2D eigenvalue weighted by Crippen LogP contribution is -2.26. The Morgan fingerprint density at radius 3 is 2.21 bits per heavy atom. The Morgan fingerprint density at radius 2 is 1.56 bits per heavy atom. The van der Waals surface area contributed by atoms with Crippen LogP contribution in [0.3, 0.4) is 0 Å². The normalized spacial score (nSPS) is 11.4. The molecule has 1 amide bonds. The first-order valence-electron chi connectivity index (χ1n) is 10.7. The van der Waals surface area contributed by atoms with Crippen molar-refractivity contribution in [3.05, 3.63) is 95.6 Å². The second-order valence-electron chi connectivity index (χ2n) is 7.56. The van der Waals surface area contributed by atoms with E-state index in [-0.39, 0.29) is 24.4 Å². The fourth-order valence-corrected chi connectivity index (χ4v) is 3.66. The number of benzene rings is 3. The van der Waals surface area contributed by atoms with Gasteiger partial charge in [0.25, 0.3) is 5.91 Å². The number of esters is 1. The summed E-state index contributed by atoms with van der Waals surface area (Å²) in [4.78, 5) is 50.7. The highest BCUT2D eigenvalue weighted by Gasteiger charge is 2.25. The van der Waals surface area contributed by atoms with Crippen LogP contribution in [0.4, 0.5) is 5.69 Å². The van der Waals surface area contributed by atoms with Crippen molar-refractivity contribution in [1.29, 1.82) is 0 Å². The van der Waals surface area contributed by atoms with Crippen LogP contribution in [0.1, 0.15) is 52.1 Å². The van der Waals surface area contributed by atoms with Gasteiger partial charge in [-0.15, -0.1) is 11.8 Å². The van der Waals surface area contributed by atoms with E-state index in [1.165, 1.54) is 6.92 Å². The molecule has 0 aliphatic heterocycles. The van der Waals surface area contributed by atoms with Gasteiger partial charge >= 0.3 is 5.97 Å². The van der Waals surface area contributed by atoms with Gasteiger partial charge in [-0.2, -0.15) is 0 Å². The standard InChI is InChI=1S/C27H25NO5S/c1-18(29)21-9-6-10-22(17-21)28-27(32)26(20-7-4-3-5-8-20)33-25(31)16-15-24(30)19-11-13-23(34-2)14-12-19/h3-14,17,26H,15-16H2,1-2H3,(H,28,32). The summed E-state index contributed by atoms with van der Waals surface area (Å²) in [5.41, 5.74) is 1.89. The van der Waals surface area contributed by atoms with Crippen molar-refractivity contribution in [2.45, 2.75) is 30.8 Å². The number of thioether (sulfide) groups is 1. The van der Waals surface area contributed by atoms with Crippen LogP contribution in [0.5, 0.6) is 0 Å². The number of ether oxygens (including phenoxy) is 1. The van der Waals surface area contributed by atoms with Gasteiger partial charge in [0.2, 0.25) is 6.10 Å². The first-order valence-corrected chi connectivity index (χ1v) is 11.9. The summed E-state index contributed by atoms with van der Waals surface area (Å²) in [6.45, 7) is 1.44. The molecule has 0 saturated heterocycles. The molecule has 0 aliphatic rings. The minimum atomic E-state index is -1.20. The van der Waals surface area contributed by atoms with Crippen LogP contribution in [-0.4, -0.2) is 29.7 Å². The zero-order valence-electron chi connectivity index (χ0n) is 18.9. The van der Waals surface area contributed by atoms with Crippen LogP contribution in [-0.2, 0) is 14.3 Å². The first-order chi connectivity index (χ1) is 16.4. The van der Waals surface area contributed by atoms with Crippen LogP contribution in [0, 0.1) is 0 Å². The van der Waals surface area contributed by atoms with Gasteiger partial charge in [0.05, 0.1) is 6.42 Å². The van der Waals surface area contributed by atoms with Gasteiger partial charge in [-0.1, -0.05) is 54.6 Å². The third-order valence-corrected chi connectivity index (χ3v) is 5.84. The average molecular weight is 476 g/mol. The van der Waals surface area contributed by atoms with Crippen molar-refractivity contribution in [2.24, 2.45) is 0 Å². The maximum absolute atomic E-state index is 13.0. The van der Waals surface area contributed by atoms with E-state index in [0.29, 0.717) is 22.4 Å². The van der Waals surface area contributed by atoms with E-state index in [9.17, 15) is 19.2 Å². The van der Waals surface area contributed by atoms with E-state index < -0.39 is 18.0 Å². The van der Waals surface area contributed by atoms with Gasteiger partial charge in [0.15, 0.2) is 11.6 Å². The SMILES string of the molecule is CSc1ccc(C(=O)CCC(=O)OC(C(=O)Nc2cccc(C(C)=O)c2)c2ccccc2)cc1. The second-order valence-corrected chi connectivity index (χ2v) is 8.44. The topological polar surface area (TPSA) is 89.5 Å². The summed E-state index contributed by atoms with van der Waals surface area (Å²) >= 11 is 1.58. The quantitative estimate of drug-likeness (QED) is 0.237. The van der Waals surface area contributed by atoms with Crippen molar-refractivity contribution in [1.82, 2.24) is 0 Å². The van der Waals surface area contributed by atoms with E-state index in [1.807, 2.05) is 18.4 Å². The number of ketones is 2. The van der Waals surface area contributed by atoms with Gasteiger partial charge in [-0.05, 0) is 37.4 Å². The van der Waals surface area contributed by atoms with Crippen molar-refractivity contribution < 1.29 is 23.9 Å². The molecule has 6 nitrogen and oxygen atoms in total. The highest BCUT2D eigenvalue weighted by Crippen LogP contribution is 2.22. The van der Waals surface area contributed by atoms with Crippen LogP contribution in [0.25, 0.3) is 0 Å². The number of amides is 1. The molecular weight excluding hydrogens is 450 g/mol. The summed E-state index contributed by atoms with van der Waals surface area (Å²) < 4.78 is 5.50. The molecular formula is C27H25NO5S. The molecule has 3 aromatic carbocycles. The fourth-order valence-electron chi connectivity index (χ4n) is 3.25. The summed E-state index contributed by atoms with van der Waals surface area (Å²) in [6.07, 6.45) is 0.568. The molecule has 0 radical (unpaired) electrons. The van der Waals surface area contributed by atoms with Crippen LogP contribution in [0.15, 0.2) is 83.8 Å². The average Bonchev–Trinajstić information content (AvgIpc) is 2.86. The number of hydrogen-bond acceptors (Lipinski definition) is 6. The molecule has 1 unspecified atom stereocenters. The lowest BCUT2D eigenvalue weighted by atomic mass is 10.1. The smallest absolute Gasteiger partial charge is 0.307 e. The third-order valence-electron chi connectivity index (χ3n) is 5.09. The molecule has 0 bridgehead atoms. The zero-order valence-corrected chi connectivity index (χ0v) is 19.8. The Labute approximate surface area is 202 Å². The molecule has 7 heteroatoms. The fraction of sp³-hybridized carbons (Fsp3) is 0.185. The Morgan fingerprint density at radius 1 is 0.853 bits per heavy atom. The van der Waals surface area contributed by atoms with Crippen molar-refractivity contribution >= 4 is 40.9 Å². The zero-order chi connectivity index (χ0) is 24.5. The number of carbonyl (C=O) groups is 4. The van der Waals surface area contributed by atoms with Crippen LogP contribution in [0.2, 0.25) is 0 Å². The van der Waals surface area contributed by atoms with E-state index in [0.717, 1.165) is 4.90 Å². The van der Waals surface area contributed by atoms with Gasteiger partial charge in [0.1, 0.15) is 0 Å². The van der Waals surface area contributed by atoms with Crippen molar-refractivity contribution in [3.63, 3.8) is 0 Å². The maximum atomic E-state index is 13.0. The number of nitrogens with one attached hydrogen (secondary N) is 1. The molecule has 0 saturated carbocycles. The van der Waals surface area contributed by atoms with Crippen LogP contribution >= 0.6 is 11.8 Å². The molecule has 0 heterocycles. The molecule has 3 aromatic rings. The number of anilines is 1. The summed E-state index contributed by atoms with van der Waals surface area (Å²) in [5, 5.41) is 2.71. The van der Waals surface area contributed by atoms with E-state index >= 15 is 0 Å². The molecule has 0 spiro atoms. The molecule has 0 aliphatic carbocycles. The molecule has 34 heavy (non-hydrogen) atoms. The second kappa shape index (κ2) is 12.0. The van der Waals surface area contributed by atoms with E-state index in [1.54, 1.807) is 78.5 Å². The predicted molar refractivity (Wildman–Crippen MR) is 132 cm³/mol. The molecule has 3 rings (SSSR count). The summed E-state index contributed by atoms with van der Waals surface area (Å²) in [5.74, 6) is -1.52. The Balaban J connectivity index is 1.67. The minimum absolute atomic E-state index is 0.0266.